The standard InChI is InChI=1S/C23H17NO6S/c25-18-10-15(11-19(26)21(18)27)13-24-22(28)20(31-23(24)29)12-14-5-4-8-17(9-14)30-16-6-2-1-3-7-16/h1-12,25-27H,13H2. The zero-order valence-electron chi connectivity index (χ0n) is 16.1. The van der Waals surface area contributed by atoms with Crippen LogP contribution in [-0.2, 0) is 11.3 Å². The Morgan fingerprint density at radius 1 is 0.871 bits per heavy atom. The van der Waals surface area contributed by atoms with E-state index in [2.05, 4.69) is 0 Å². The smallest absolute Gasteiger partial charge is 0.293 e. The minimum atomic E-state index is -0.657. The van der Waals surface area contributed by atoms with Crippen LogP contribution in [0.3, 0.4) is 0 Å². The molecule has 0 saturated carbocycles. The van der Waals surface area contributed by atoms with Crippen LogP contribution in [0.1, 0.15) is 11.1 Å². The third-order valence-electron chi connectivity index (χ3n) is 4.48. The number of aromatic hydroxyl groups is 3. The largest absolute Gasteiger partial charge is 0.504 e. The zero-order valence-corrected chi connectivity index (χ0v) is 16.9. The highest BCUT2D eigenvalue weighted by molar-refractivity contribution is 8.18. The number of imide groups is 1. The second kappa shape index (κ2) is 8.45. The van der Waals surface area contributed by atoms with Gasteiger partial charge in [0.2, 0.25) is 0 Å². The second-order valence-electron chi connectivity index (χ2n) is 6.74. The number of benzene rings is 3. The van der Waals surface area contributed by atoms with Crippen molar-refractivity contribution in [1.82, 2.24) is 4.90 Å². The third-order valence-corrected chi connectivity index (χ3v) is 5.39. The van der Waals surface area contributed by atoms with Gasteiger partial charge in [-0.3, -0.25) is 14.5 Å². The van der Waals surface area contributed by atoms with Crippen LogP contribution in [0.15, 0.2) is 71.6 Å². The van der Waals surface area contributed by atoms with Crippen LogP contribution in [0.25, 0.3) is 6.08 Å². The van der Waals surface area contributed by atoms with Crippen molar-refractivity contribution in [2.24, 2.45) is 0 Å². The Hall–Kier alpha value is -3.91. The van der Waals surface area contributed by atoms with E-state index in [1.165, 1.54) is 12.1 Å². The molecule has 7 nitrogen and oxygen atoms in total. The molecule has 1 saturated heterocycles. The van der Waals surface area contributed by atoms with Crippen LogP contribution in [0, 0.1) is 0 Å². The zero-order chi connectivity index (χ0) is 22.0. The Morgan fingerprint density at radius 2 is 1.55 bits per heavy atom. The van der Waals surface area contributed by atoms with Crippen LogP contribution in [-0.4, -0.2) is 31.4 Å². The summed E-state index contributed by atoms with van der Waals surface area (Å²) in [7, 11) is 0. The lowest BCUT2D eigenvalue weighted by Gasteiger charge is -2.13. The van der Waals surface area contributed by atoms with Crippen molar-refractivity contribution in [2.45, 2.75) is 6.54 Å². The first kappa shape index (κ1) is 20.4. The molecule has 1 heterocycles. The maximum Gasteiger partial charge on any atom is 0.293 e. The molecule has 1 fully saturated rings. The van der Waals surface area contributed by atoms with Gasteiger partial charge in [0, 0.05) is 0 Å². The Morgan fingerprint density at radius 3 is 2.26 bits per heavy atom. The van der Waals surface area contributed by atoms with Crippen LogP contribution in [0.2, 0.25) is 0 Å². The monoisotopic (exact) mass is 435 g/mol. The van der Waals surface area contributed by atoms with Crippen molar-refractivity contribution in [1.29, 1.82) is 0 Å². The summed E-state index contributed by atoms with van der Waals surface area (Å²) in [6.07, 6.45) is 1.61. The quantitative estimate of drug-likeness (QED) is 0.389. The number of phenols is 3. The van der Waals surface area contributed by atoms with Gasteiger partial charge in [-0.15, -0.1) is 0 Å². The number of hydrogen-bond donors (Lipinski definition) is 3. The molecule has 0 aliphatic carbocycles. The van der Waals surface area contributed by atoms with Crippen LogP contribution >= 0.6 is 11.8 Å². The van der Waals surface area contributed by atoms with Gasteiger partial charge in [0.15, 0.2) is 17.2 Å². The lowest BCUT2D eigenvalue weighted by Crippen LogP contribution is -2.27. The van der Waals surface area contributed by atoms with E-state index in [0.717, 1.165) is 16.7 Å². The van der Waals surface area contributed by atoms with Crippen molar-refractivity contribution in [3.05, 3.63) is 82.8 Å². The van der Waals surface area contributed by atoms with E-state index >= 15 is 0 Å². The second-order valence-corrected chi connectivity index (χ2v) is 7.73. The van der Waals surface area contributed by atoms with E-state index < -0.39 is 28.4 Å². The first-order valence-electron chi connectivity index (χ1n) is 9.23. The first-order valence-corrected chi connectivity index (χ1v) is 10.0. The number of nitrogens with zero attached hydrogens (tertiary/aromatic N) is 1. The lowest BCUT2D eigenvalue weighted by molar-refractivity contribution is -0.123. The van der Waals surface area contributed by atoms with Gasteiger partial charge in [0.1, 0.15) is 11.5 Å². The van der Waals surface area contributed by atoms with Crippen LogP contribution in [0.4, 0.5) is 4.79 Å². The fraction of sp³-hybridized carbons (Fsp3) is 0.0435. The number of amides is 2. The summed E-state index contributed by atoms with van der Waals surface area (Å²) in [6, 6.07) is 18.8. The highest BCUT2D eigenvalue weighted by Gasteiger charge is 2.35. The molecule has 0 aromatic heterocycles. The minimum Gasteiger partial charge on any atom is -0.504 e. The molecule has 0 unspecified atom stereocenters. The van der Waals surface area contributed by atoms with Crippen LogP contribution in [0.5, 0.6) is 28.7 Å². The minimum absolute atomic E-state index is 0.152. The SMILES string of the molecule is O=C1SC(=Cc2cccc(Oc3ccccc3)c2)C(=O)N1Cc1cc(O)c(O)c(O)c1. The van der Waals surface area contributed by atoms with Crippen LogP contribution < -0.4 is 4.74 Å². The number of carbonyl (C=O) groups is 2. The average Bonchev–Trinajstić information content (AvgIpc) is 3.00. The molecule has 4 rings (SSSR count). The number of phenolic OH excluding ortho intramolecular Hbond substituents is 3. The number of rotatable bonds is 5. The number of hydrogen-bond acceptors (Lipinski definition) is 7. The molecule has 2 amide bonds. The molecular formula is C23H17NO6S. The van der Waals surface area contributed by atoms with Crippen molar-refractivity contribution >= 4 is 29.0 Å². The summed E-state index contributed by atoms with van der Waals surface area (Å²) >= 11 is 0.801. The summed E-state index contributed by atoms with van der Waals surface area (Å²) in [6.45, 7) is -0.152. The van der Waals surface area contributed by atoms with Gasteiger partial charge in [-0.2, -0.15) is 0 Å². The van der Waals surface area contributed by atoms with E-state index in [9.17, 15) is 24.9 Å². The van der Waals surface area contributed by atoms with E-state index in [4.69, 9.17) is 4.74 Å². The molecule has 1 aliphatic rings. The number of para-hydroxylation sites is 1. The molecule has 3 aromatic rings. The first-order chi connectivity index (χ1) is 14.9. The summed E-state index contributed by atoms with van der Waals surface area (Å²) in [5.74, 6) is -0.943. The molecule has 3 N–H and O–H groups in total. The topological polar surface area (TPSA) is 107 Å². The normalized spacial score (nSPS) is 15.0. The fourth-order valence-corrected chi connectivity index (χ4v) is 3.85. The molecule has 0 spiro atoms. The van der Waals surface area contributed by atoms with E-state index in [0.29, 0.717) is 22.6 Å². The highest BCUT2D eigenvalue weighted by atomic mass is 32.2. The van der Waals surface area contributed by atoms with Gasteiger partial charge >= 0.3 is 0 Å². The molecule has 156 valence electrons. The van der Waals surface area contributed by atoms with Gasteiger partial charge in [-0.05, 0) is 65.4 Å². The number of ether oxygens (including phenoxy) is 1. The highest BCUT2D eigenvalue weighted by Crippen LogP contribution is 2.38. The molecule has 0 bridgehead atoms. The summed E-state index contributed by atoms with van der Waals surface area (Å²) in [5, 5.41) is 28.3. The van der Waals surface area contributed by atoms with E-state index in [1.54, 1.807) is 30.3 Å². The maximum absolute atomic E-state index is 12.7. The van der Waals surface area contributed by atoms with Crippen molar-refractivity contribution < 1.29 is 29.6 Å². The fourth-order valence-electron chi connectivity index (χ4n) is 3.01. The molecule has 3 aromatic carbocycles. The predicted molar refractivity (Wildman–Crippen MR) is 116 cm³/mol. The Balaban J connectivity index is 1.53. The van der Waals surface area contributed by atoms with Gasteiger partial charge in [-0.25, -0.2) is 0 Å². The molecule has 31 heavy (non-hydrogen) atoms. The van der Waals surface area contributed by atoms with Crippen molar-refractivity contribution in [3.63, 3.8) is 0 Å². The predicted octanol–water partition coefficient (Wildman–Crippen LogP) is 4.83. The molecule has 0 radical (unpaired) electrons. The molecule has 0 atom stereocenters. The average molecular weight is 435 g/mol. The molecular weight excluding hydrogens is 418 g/mol. The summed E-state index contributed by atoms with van der Waals surface area (Å²) in [5.41, 5.74) is 0.994. The van der Waals surface area contributed by atoms with Gasteiger partial charge in [0.05, 0.1) is 11.4 Å². The lowest BCUT2D eigenvalue weighted by atomic mass is 10.1. The van der Waals surface area contributed by atoms with Gasteiger partial charge in [0.25, 0.3) is 11.1 Å². The Bertz CT molecular complexity index is 1170. The summed E-state index contributed by atoms with van der Waals surface area (Å²) in [4.78, 5) is 26.4. The maximum atomic E-state index is 12.7. The Labute approximate surface area is 181 Å². The Kier molecular flexibility index (Phi) is 5.55. The third kappa shape index (κ3) is 4.49. The van der Waals surface area contributed by atoms with E-state index in [1.807, 2.05) is 30.3 Å². The van der Waals surface area contributed by atoms with Crippen molar-refractivity contribution in [3.8, 4) is 28.7 Å². The molecule has 1 aliphatic heterocycles. The summed E-state index contributed by atoms with van der Waals surface area (Å²) < 4.78 is 5.80. The van der Waals surface area contributed by atoms with Crippen molar-refractivity contribution in [2.75, 3.05) is 0 Å². The number of thioether (sulfide) groups is 1. The van der Waals surface area contributed by atoms with Gasteiger partial charge < -0.3 is 20.1 Å². The van der Waals surface area contributed by atoms with E-state index in [-0.39, 0.29) is 11.4 Å². The molecule has 8 heteroatoms. The number of carbonyl (C=O) groups excluding carboxylic acids is 2. The van der Waals surface area contributed by atoms with Gasteiger partial charge in [-0.1, -0.05) is 30.3 Å².